The Kier molecular flexibility index (Phi) is 8.94. The lowest BCUT2D eigenvalue weighted by atomic mass is 9.69. The summed E-state index contributed by atoms with van der Waals surface area (Å²) in [6, 6.07) is 10.6. The lowest BCUT2D eigenvalue weighted by Gasteiger charge is -2.38. The van der Waals surface area contributed by atoms with Gasteiger partial charge in [-0.1, -0.05) is 56.8 Å². The first-order valence-electron chi connectivity index (χ1n) is 14.6. The summed E-state index contributed by atoms with van der Waals surface area (Å²) >= 11 is 12.0. The van der Waals surface area contributed by atoms with Crippen LogP contribution < -0.4 is 20.4 Å². The molecular weight excluding hydrogens is 512 g/mol. The second-order valence-electron chi connectivity index (χ2n) is 12.0. The van der Waals surface area contributed by atoms with E-state index >= 15 is 0 Å². The summed E-state index contributed by atoms with van der Waals surface area (Å²) in [7, 11) is 0. The van der Waals surface area contributed by atoms with Crippen molar-refractivity contribution < 1.29 is 0 Å². The van der Waals surface area contributed by atoms with Crippen molar-refractivity contribution in [3.05, 3.63) is 40.9 Å². The van der Waals surface area contributed by atoms with E-state index in [1.807, 2.05) is 12.1 Å². The lowest BCUT2D eigenvalue weighted by molar-refractivity contribution is 0.292. The Bertz CT molecular complexity index is 1070. The molecule has 0 unspecified atom stereocenters. The average Bonchev–Trinajstić information content (AvgIpc) is 2.92. The highest BCUT2D eigenvalue weighted by molar-refractivity contribution is 7.80. The van der Waals surface area contributed by atoms with Crippen LogP contribution >= 0.6 is 23.8 Å². The van der Waals surface area contributed by atoms with Crippen molar-refractivity contribution in [1.82, 2.24) is 15.3 Å². The standard InChI is InChI=1S/C30H43ClN6S/c1-22-17-23(2)20-37(19-22)27-18-26(36-15-7-4-8-16-36)33-28(34-27)35-29(38)32-21-30(13-5-3-6-14-30)24-9-11-25(31)12-10-24/h9-12,18,22-23H,3-8,13-17,19-21H2,1-2H3,(H2,32,33,34,35,38)/t22-,23-/m1/s1. The smallest absolute Gasteiger partial charge is 0.232 e. The quantitative estimate of drug-likeness (QED) is 0.381. The minimum Gasteiger partial charge on any atom is -0.361 e. The summed E-state index contributed by atoms with van der Waals surface area (Å²) in [4.78, 5) is 14.8. The molecule has 0 radical (unpaired) electrons. The van der Waals surface area contributed by atoms with Crippen molar-refractivity contribution in [2.24, 2.45) is 11.8 Å². The van der Waals surface area contributed by atoms with Crippen molar-refractivity contribution in [1.29, 1.82) is 0 Å². The number of halogens is 1. The Balaban J connectivity index is 1.33. The van der Waals surface area contributed by atoms with Crippen molar-refractivity contribution in [3.63, 3.8) is 0 Å². The molecule has 2 saturated heterocycles. The number of thiocarbonyl (C=S) groups is 1. The van der Waals surface area contributed by atoms with E-state index in [0.29, 0.717) is 22.9 Å². The highest BCUT2D eigenvalue weighted by atomic mass is 35.5. The van der Waals surface area contributed by atoms with Crippen LogP contribution in [0, 0.1) is 11.8 Å². The van der Waals surface area contributed by atoms with E-state index in [9.17, 15) is 0 Å². The Hall–Kier alpha value is -2.12. The molecule has 0 amide bonds. The molecule has 1 saturated carbocycles. The summed E-state index contributed by atoms with van der Waals surface area (Å²) in [6.07, 6.45) is 11.1. The van der Waals surface area contributed by atoms with Crippen LogP contribution in [0.3, 0.4) is 0 Å². The molecule has 3 heterocycles. The molecule has 8 heteroatoms. The summed E-state index contributed by atoms with van der Waals surface area (Å²) in [5.74, 6) is 3.93. The fraction of sp³-hybridized carbons (Fsp3) is 0.633. The van der Waals surface area contributed by atoms with E-state index in [1.54, 1.807) is 0 Å². The van der Waals surface area contributed by atoms with E-state index in [4.69, 9.17) is 33.8 Å². The Labute approximate surface area is 238 Å². The van der Waals surface area contributed by atoms with Gasteiger partial charge in [0.2, 0.25) is 5.95 Å². The van der Waals surface area contributed by atoms with E-state index in [0.717, 1.165) is 62.2 Å². The van der Waals surface area contributed by atoms with Crippen LogP contribution in [0.25, 0.3) is 0 Å². The maximum atomic E-state index is 6.20. The third-order valence-corrected chi connectivity index (χ3v) is 9.15. The Morgan fingerprint density at radius 2 is 1.53 bits per heavy atom. The summed E-state index contributed by atoms with van der Waals surface area (Å²) < 4.78 is 0. The van der Waals surface area contributed by atoms with Gasteiger partial charge in [0.1, 0.15) is 11.6 Å². The average molecular weight is 555 g/mol. The van der Waals surface area contributed by atoms with Gasteiger partial charge in [-0.05, 0) is 80.3 Å². The molecule has 1 aromatic heterocycles. The van der Waals surface area contributed by atoms with Crippen LogP contribution in [0.5, 0.6) is 0 Å². The van der Waals surface area contributed by atoms with Gasteiger partial charge in [-0.25, -0.2) is 0 Å². The predicted octanol–water partition coefficient (Wildman–Crippen LogP) is 6.79. The van der Waals surface area contributed by atoms with Crippen molar-refractivity contribution in [3.8, 4) is 0 Å². The first-order chi connectivity index (χ1) is 18.4. The normalized spacial score (nSPS) is 23.7. The maximum Gasteiger partial charge on any atom is 0.232 e. The molecule has 1 aliphatic carbocycles. The predicted molar refractivity (Wildman–Crippen MR) is 164 cm³/mol. The Morgan fingerprint density at radius 3 is 2.18 bits per heavy atom. The van der Waals surface area contributed by atoms with Crippen molar-refractivity contribution in [2.75, 3.05) is 47.8 Å². The van der Waals surface area contributed by atoms with Crippen LogP contribution in [0.1, 0.15) is 77.2 Å². The molecule has 6 nitrogen and oxygen atoms in total. The largest absolute Gasteiger partial charge is 0.361 e. The molecule has 206 valence electrons. The van der Waals surface area contributed by atoms with Gasteiger partial charge in [0.05, 0.1) is 0 Å². The van der Waals surface area contributed by atoms with Crippen molar-refractivity contribution in [2.45, 2.75) is 77.0 Å². The van der Waals surface area contributed by atoms with Gasteiger partial charge >= 0.3 is 0 Å². The maximum absolute atomic E-state index is 6.20. The number of anilines is 3. The summed E-state index contributed by atoms with van der Waals surface area (Å²) in [5, 5.41) is 8.28. The van der Waals surface area contributed by atoms with E-state index in [2.05, 4.69) is 52.5 Å². The minimum atomic E-state index is 0.0658. The molecular formula is C30H43ClN6S. The van der Waals surface area contributed by atoms with Crippen LogP contribution in [0.4, 0.5) is 17.6 Å². The molecule has 2 N–H and O–H groups in total. The first kappa shape index (κ1) is 27.4. The number of aromatic nitrogens is 2. The molecule has 38 heavy (non-hydrogen) atoms. The SMILES string of the molecule is C[C@@H]1C[C@@H](C)CN(c2cc(N3CCCCC3)nc(NC(=S)NCC3(c4ccc(Cl)cc4)CCCCC3)n2)C1. The molecule has 2 atom stereocenters. The highest BCUT2D eigenvalue weighted by Gasteiger charge is 2.34. The third kappa shape index (κ3) is 6.71. The number of rotatable bonds is 6. The number of hydrogen-bond acceptors (Lipinski definition) is 5. The van der Waals surface area contributed by atoms with Gasteiger partial charge in [0, 0.05) is 49.2 Å². The van der Waals surface area contributed by atoms with E-state index < -0.39 is 0 Å². The van der Waals surface area contributed by atoms with Crippen LogP contribution in [-0.2, 0) is 5.41 Å². The zero-order valence-corrected chi connectivity index (χ0v) is 24.6. The molecule has 2 aliphatic heterocycles. The summed E-state index contributed by atoms with van der Waals surface area (Å²) in [5.41, 5.74) is 1.41. The molecule has 0 bridgehead atoms. The van der Waals surface area contributed by atoms with Gasteiger partial charge in [-0.3, -0.25) is 0 Å². The van der Waals surface area contributed by atoms with Gasteiger partial charge < -0.3 is 20.4 Å². The first-order valence-corrected chi connectivity index (χ1v) is 15.4. The number of piperidine rings is 2. The minimum absolute atomic E-state index is 0.0658. The summed E-state index contributed by atoms with van der Waals surface area (Å²) in [6.45, 7) is 9.65. The second kappa shape index (κ2) is 12.4. The van der Waals surface area contributed by atoms with Crippen LogP contribution in [0.15, 0.2) is 30.3 Å². The number of nitrogens with zero attached hydrogens (tertiary/aromatic N) is 4. The zero-order valence-electron chi connectivity index (χ0n) is 23.0. The zero-order chi connectivity index (χ0) is 26.5. The fourth-order valence-corrected chi connectivity index (χ4v) is 7.06. The number of nitrogens with one attached hydrogen (secondary N) is 2. The van der Waals surface area contributed by atoms with Gasteiger partial charge in [0.25, 0.3) is 0 Å². The Morgan fingerprint density at radius 1 is 0.921 bits per heavy atom. The van der Waals surface area contributed by atoms with E-state index in [1.165, 1.54) is 50.5 Å². The monoisotopic (exact) mass is 554 g/mol. The second-order valence-corrected chi connectivity index (χ2v) is 12.8. The van der Waals surface area contributed by atoms with E-state index in [-0.39, 0.29) is 5.41 Å². The van der Waals surface area contributed by atoms with Gasteiger partial charge in [-0.2, -0.15) is 9.97 Å². The van der Waals surface area contributed by atoms with Crippen molar-refractivity contribution >= 4 is 46.5 Å². The number of benzene rings is 1. The fourth-order valence-electron chi connectivity index (χ4n) is 6.77. The number of hydrogen-bond donors (Lipinski definition) is 2. The lowest BCUT2D eigenvalue weighted by Crippen LogP contribution is -2.44. The van der Waals surface area contributed by atoms with Crippen LogP contribution in [-0.4, -0.2) is 47.8 Å². The van der Waals surface area contributed by atoms with Crippen LogP contribution in [0.2, 0.25) is 5.02 Å². The molecule has 0 spiro atoms. The molecule has 1 aromatic carbocycles. The van der Waals surface area contributed by atoms with Gasteiger partial charge in [0.15, 0.2) is 5.11 Å². The highest BCUT2D eigenvalue weighted by Crippen LogP contribution is 2.39. The third-order valence-electron chi connectivity index (χ3n) is 8.65. The molecule has 3 aliphatic rings. The molecule has 2 aromatic rings. The molecule has 5 rings (SSSR count). The topological polar surface area (TPSA) is 56.3 Å². The molecule has 3 fully saturated rings. The van der Waals surface area contributed by atoms with Gasteiger partial charge in [-0.15, -0.1) is 0 Å².